The van der Waals surface area contributed by atoms with Crippen LogP contribution >= 0.6 is 0 Å². The van der Waals surface area contributed by atoms with Crippen LogP contribution in [0.3, 0.4) is 0 Å². The van der Waals surface area contributed by atoms with Gasteiger partial charge in [0.2, 0.25) is 0 Å². The lowest BCUT2D eigenvalue weighted by Crippen LogP contribution is -2.24. The highest BCUT2D eigenvalue weighted by molar-refractivity contribution is 5.50. The summed E-state index contributed by atoms with van der Waals surface area (Å²) in [5.41, 5.74) is 1.35. The molecule has 0 bridgehead atoms. The Morgan fingerprint density at radius 2 is 2.32 bits per heavy atom. The summed E-state index contributed by atoms with van der Waals surface area (Å²) in [6, 6.07) is 0. The molecule has 1 fully saturated rings. The number of β-amino-alcohol motifs (C(OH)–C–C–N with tert-alkyl or cyclic N) is 1. The topological polar surface area (TPSA) is 99.8 Å². The Hall–Kier alpha value is -1.41. The van der Waals surface area contributed by atoms with Gasteiger partial charge in [0, 0.05) is 13.0 Å². The molecule has 3 heterocycles. The average Bonchev–Trinajstić information content (AvgIpc) is 2.93. The third-order valence-corrected chi connectivity index (χ3v) is 3.54. The van der Waals surface area contributed by atoms with E-state index in [-0.39, 0.29) is 12.8 Å². The standard InChI is InChI=1S/C12H17N3O4/c16-5-10-8(17)3-11(19-10)15-6-14-12-7(15)1-2-13-4-9(12)18/h1-2,6,8-11,13,16-18H,3-5H2/t8?,9-,10?,11?/m1/s1. The lowest BCUT2D eigenvalue weighted by atomic mass is 10.2. The van der Waals surface area contributed by atoms with Gasteiger partial charge in [0.15, 0.2) is 0 Å². The van der Waals surface area contributed by atoms with E-state index in [4.69, 9.17) is 9.84 Å². The Bertz CT molecular complexity index is 487. The smallest absolute Gasteiger partial charge is 0.138 e. The van der Waals surface area contributed by atoms with Crippen molar-refractivity contribution in [3.63, 3.8) is 0 Å². The number of aliphatic hydroxyl groups is 3. The molecule has 104 valence electrons. The van der Waals surface area contributed by atoms with Crippen molar-refractivity contribution in [2.24, 2.45) is 0 Å². The zero-order valence-corrected chi connectivity index (χ0v) is 10.3. The van der Waals surface area contributed by atoms with E-state index in [0.717, 1.165) is 5.69 Å². The second-order valence-corrected chi connectivity index (χ2v) is 4.79. The monoisotopic (exact) mass is 267 g/mol. The number of fused-ring (bicyclic) bond motifs is 1. The summed E-state index contributed by atoms with van der Waals surface area (Å²) in [7, 11) is 0. The number of ether oxygens (including phenoxy) is 1. The Balaban J connectivity index is 1.90. The van der Waals surface area contributed by atoms with E-state index in [0.29, 0.717) is 18.7 Å². The van der Waals surface area contributed by atoms with E-state index in [2.05, 4.69) is 10.3 Å². The molecule has 0 aromatic carbocycles. The minimum absolute atomic E-state index is 0.214. The first-order valence-electron chi connectivity index (χ1n) is 6.30. The Morgan fingerprint density at radius 3 is 3.05 bits per heavy atom. The van der Waals surface area contributed by atoms with E-state index in [1.165, 1.54) is 0 Å². The molecule has 2 aliphatic rings. The van der Waals surface area contributed by atoms with Crippen molar-refractivity contribution >= 4 is 6.08 Å². The van der Waals surface area contributed by atoms with Gasteiger partial charge in [-0.05, 0) is 12.3 Å². The number of hydrogen-bond acceptors (Lipinski definition) is 6. The van der Waals surface area contributed by atoms with Crippen LogP contribution in [-0.4, -0.2) is 50.2 Å². The second-order valence-electron chi connectivity index (χ2n) is 4.79. The molecular formula is C12H17N3O4. The van der Waals surface area contributed by atoms with Crippen LogP contribution in [0.15, 0.2) is 12.5 Å². The zero-order valence-electron chi connectivity index (χ0n) is 10.3. The van der Waals surface area contributed by atoms with Gasteiger partial charge in [-0.1, -0.05) is 0 Å². The molecule has 4 atom stereocenters. The molecule has 4 N–H and O–H groups in total. The second kappa shape index (κ2) is 4.93. The molecule has 3 unspecified atom stereocenters. The molecule has 2 aliphatic heterocycles. The summed E-state index contributed by atoms with van der Waals surface area (Å²) in [6.45, 7) is 0.197. The molecule has 0 amide bonds. The minimum atomic E-state index is -0.689. The van der Waals surface area contributed by atoms with Crippen LogP contribution in [0.4, 0.5) is 0 Å². The van der Waals surface area contributed by atoms with Gasteiger partial charge in [-0.15, -0.1) is 0 Å². The number of imidazole rings is 1. The summed E-state index contributed by atoms with van der Waals surface area (Å²) in [5, 5.41) is 31.8. The molecule has 0 spiro atoms. The minimum Gasteiger partial charge on any atom is -0.394 e. The molecule has 0 radical (unpaired) electrons. The molecule has 3 rings (SSSR count). The van der Waals surface area contributed by atoms with Gasteiger partial charge in [0.25, 0.3) is 0 Å². The number of aromatic nitrogens is 2. The summed E-state index contributed by atoms with van der Waals surface area (Å²) < 4.78 is 7.38. The molecule has 7 nitrogen and oxygen atoms in total. The van der Waals surface area contributed by atoms with Crippen LogP contribution in [-0.2, 0) is 4.74 Å². The molecule has 0 aliphatic carbocycles. The van der Waals surface area contributed by atoms with Gasteiger partial charge in [0.1, 0.15) is 18.4 Å². The van der Waals surface area contributed by atoms with Crippen LogP contribution in [0.2, 0.25) is 0 Å². The summed E-state index contributed by atoms with van der Waals surface area (Å²) in [5.74, 6) is 0. The largest absolute Gasteiger partial charge is 0.394 e. The fraction of sp³-hybridized carbons (Fsp3) is 0.583. The van der Waals surface area contributed by atoms with Gasteiger partial charge in [-0.25, -0.2) is 4.98 Å². The maximum Gasteiger partial charge on any atom is 0.138 e. The highest BCUT2D eigenvalue weighted by Crippen LogP contribution is 2.32. The number of nitrogens with zero attached hydrogens (tertiary/aromatic N) is 2. The predicted molar refractivity (Wildman–Crippen MR) is 65.8 cm³/mol. The summed E-state index contributed by atoms with van der Waals surface area (Å²) in [6.07, 6.45) is 3.26. The van der Waals surface area contributed by atoms with Crippen LogP contribution in [0, 0.1) is 0 Å². The lowest BCUT2D eigenvalue weighted by molar-refractivity contribution is -0.0446. The molecule has 1 saturated heterocycles. The van der Waals surface area contributed by atoms with Crippen LogP contribution < -0.4 is 5.32 Å². The third kappa shape index (κ3) is 2.14. The van der Waals surface area contributed by atoms with E-state index in [9.17, 15) is 10.2 Å². The van der Waals surface area contributed by atoms with E-state index in [1.54, 1.807) is 17.1 Å². The van der Waals surface area contributed by atoms with Crippen molar-refractivity contribution in [1.82, 2.24) is 14.9 Å². The van der Waals surface area contributed by atoms with Crippen molar-refractivity contribution in [3.05, 3.63) is 23.9 Å². The van der Waals surface area contributed by atoms with Crippen molar-refractivity contribution < 1.29 is 20.1 Å². The van der Waals surface area contributed by atoms with Gasteiger partial charge in [0.05, 0.1) is 30.4 Å². The van der Waals surface area contributed by atoms with Gasteiger partial charge in [-0.3, -0.25) is 0 Å². The summed E-state index contributed by atoms with van der Waals surface area (Å²) >= 11 is 0. The third-order valence-electron chi connectivity index (χ3n) is 3.54. The van der Waals surface area contributed by atoms with Crippen molar-refractivity contribution in [1.29, 1.82) is 0 Å². The molecule has 0 saturated carbocycles. The molecule has 1 aromatic rings. The first kappa shape index (κ1) is 12.6. The fourth-order valence-electron chi connectivity index (χ4n) is 2.51. The lowest BCUT2D eigenvalue weighted by Gasteiger charge is -2.15. The van der Waals surface area contributed by atoms with Crippen LogP contribution in [0.25, 0.3) is 6.08 Å². The predicted octanol–water partition coefficient (Wildman–Crippen LogP) is -0.869. The van der Waals surface area contributed by atoms with E-state index < -0.39 is 18.3 Å². The van der Waals surface area contributed by atoms with Crippen LogP contribution in [0.5, 0.6) is 0 Å². The maximum absolute atomic E-state index is 9.94. The summed E-state index contributed by atoms with van der Waals surface area (Å²) in [4.78, 5) is 4.22. The average molecular weight is 267 g/mol. The van der Waals surface area contributed by atoms with Crippen LogP contribution in [0.1, 0.15) is 30.1 Å². The van der Waals surface area contributed by atoms with E-state index in [1.807, 2.05) is 6.08 Å². The highest BCUT2D eigenvalue weighted by atomic mass is 16.5. The first-order valence-corrected chi connectivity index (χ1v) is 6.30. The Morgan fingerprint density at radius 1 is 1.47 bits per heavy atom. The fourth-order valence-corrected chi connectivity index (χ4v) is 2.51. The molecule has 1 aromatic heterocycles. The Labute approximate surface area is 110 Å². The van der Waals surface area contributed by atoms with Crippen molar-refractivity contribution in [3.8, 4) is 0 Å². The number of aliphatic hydroxyl groups excluding tert-OH is 3. The zero-order chi connectivity index (χ0) is 13.4. The highest BCUT2D eigenvalue weighted by Gasteiger charge is 2.36. The number of hydrogen-bond donors (Lipinski definition) is 4. The Kier molecular flexibility index (Phi) is 3.28. The van der Waals surface area contributed by atoms with Gasteiger partial charge >= 0.3 is 0 Å². The normalized spacial score (nSPS) is 33.8. The van der Waals surface area contributed by atoms with Crippen molar-refractivity contribution in [2.45, 2.75) is 31.0 Å². The molecule has 7 heteroatoms. The van der Waals surface area contributed by atoms with E-state index >= 15 is 0 Å². The number of nitrogens with one attached hydrogen (secondary N) is 1. The quantitative estimate of drug-likeness (QED) is 0.556. The number of rotatable bonds is 2. The van der Waals surface area contributed by atoms with Gasteiger partial charge < -0.3 is 29.9 Å². The maximum atomic E-state index is 9.94. The van der Waals surface area contributed by atoms with Gasteiger partial charge in [-0.2, -0.15) is 0 Å². The molecule has 19 heavy (non-hydrogen) atoms. The SMILES string of the molecule is OCC1OC(n2cnc3c2C=CNC[C@H]3O)CC1O. The molecular weight excluding hydrogens is 250 g/mol. The first-order chi connectivity index (χ1) is 9.20. The van der Waals surface area contributed by atoms with Crippen molar-refractivity contribution in [2.75, 3.05) is 13.2 Å².